The fourth-order valence-electron chi connectivity index (χ4n) is 9.33. The van der Waals surface area contributed by atoms with E-state index in [9.17, 15) is 0 Å². The van der Waals surface area contributed by atoms with Crippen LogP contribution in [0.25, 0.3) is 111 Å². The smallest absolute Gasteiger partial charge is 0.0715 e. The second-order valence-corrected chi connectivity index (χ2v) is 16.0. The molecule has 12 aromatic rings. The van der Waals surface area contributed by atoms with Gasteiger partial charge in [-0.3, -0.25) is 0 Å². The van der Waals surface area contributed by atoms with E-state index < -0.39 is 0 Å². The van der Waals surface area contributed by atoms with Crippen molar-refractivity contribution in [2.45, 2.75) is 0 Å². The molecule has 12 rings (SSSR count). The summed E-state index contributed by atoms with van der Waals surface area (Å²) >= 11 is 0. The van der Waals surface area contributed by atoms with E-state index in [-0.39, 0.29) is 0 Å². The summed E-state index contributed by atoms with van der Waals surface area (Å²) in [7, 11) is 0. The number of hydrogen-bond acceptors (Lipinski definition) is 1. The molecule has 0 bridgehead atoms. The topological polar surface area (TPSA) is 22.8 Å². The summed E-state index contributed by atoms with van der Waals surface area (Å²) in [4.78, 5) is 5.11. The zero-order valence-corrected chi connectivity index (χ0v) is 33.9. The lowest BCUT2D eigenvalue weighted by Gasteiger charge is -2.12. The van der Waals surface area contributed by atoms with Gasteiger partial charge in [-0.2, -0.15) is 0 Å². The fourth-order valence-corrected chi connectivity index (χ4v) is 9.33. The second-order valence-electron chi connectivity index (χ2n) is 16.0. The average Bonchev–Trinajstić information content (AvgIpc) is 3.87. The highest BCUT2D eigenvalue weighted by Crippen LogP contribution is 2.39. The third kappa shape index (κ3) is 6.10. The van der Waals surface area contributed by atoms with Gasteiger partial charge in [-0.25, -0.2) is 4.98 Å². The van der Waals surface area contributed by atoms with Gasteiger partial charge in [0.2, 0.25) is 0 Å². The number of rotatable bonds is 7. The zero-order valence-electron chi connectivity index (χ0n) is 33.9. The lowest BCUT2D eigenvalue weighted by atomic mass is 9.99. The second kappa shape index (κ2) is 14.8. The molecule has 3 nitrogen and oxygen atoms in total. The first-order valence-corrected chi connectivity index (χ1v) is 21.2. The molecule has 3 aromatic heterocycles. The van der Waals surface area contributed by atoms with E-state index >= 15 is 0 Å². The Morgan fingerprint density at radius 3 is 1.34 bits per heavy atom. The van der Waals surface area contributed by atoms with Gasteiger partial charge in [-0.05, 0) is 100 Å². The Hall–Kier alpha value is -8.27. The minimum Gasteiger partial charge on any atom is -0.309 e. The molecule has 0 atom stereocenters. The first-order chi connectivity index (χ1) is 30.7. The van der Waals surface area contributed by atoms with Gasteiger partial charge in [0.25, 0.3) is 0 Å². The molecule has 0 unspecified atom stereocenters. The number of pyridine rings is 1. The summed E-state index contributed by atoms with van der Waals surface area (Å²) < 4.78 is 4.82. The van der Waals surface area contributed by atoms with Crippen LogP contribution in [0, 0.1) is 0 Å². The van der Waals surface area contributed by atoms with Crippen LogP contribution in [0.1, 0.15) is 0 Å². The summed E-state index contributed by atoms with van der Waals surface area (Å²) in [6, 6.07) is 85.2. The van der Waals surface area contributed by atoms with Crippen molar-refractivity contribution in [2.24, 2.45) is 0 Å². The summed E-state index contributed by atoms with van der Waals surface area (Å²) in [6.07, 6.45) is 0. The summed E-state index contributed by atoms with van der Waals surface area (Å²) in [5, 5.41) is 4.96. The Kier molecular flexibility index (Phi) is 8.50. The van der Waals surface area contributed by atoms with Crippen LogP contribution in [0.2, 0.25) is 0 Å². The number of aromatic nitrogens is 3. The van der Waals surface area contributed by atoms with E-state index in [0.29, 0.717) is 0 Å². The first-order valence-electron chi connectivity index (χ1n) is 21.2. The molecule has 0 aliphatic rings. The summed E-state index contributed by atoms with van der Waals surface area (Å²) in [5.41, 5.74) is 18.2. The maximum absolute atomic E-state index is 5.11. The van der Waals surface area contributed by atoms with Gasteiger partial charge in [0.1, 0.15) is 0 Å². The van der Waals surface area contributed by atoms with Crippen molar-refractivity contribution in [3.05, 3.63) is 237 Å². The van der Waals surface area contributed by atoms with Crippen LogP contribution in [0.5, 0.6) is 0 Å². The van der Waals surface area contributed by atoms with Crippen LogP contribution in [0.4, 0.5) is 0 Å². The van der Waals surface area contributed by atoms with Crippen LogP contribution in [0.15, 0.2) is 237 Å². The molecule has 3 heteroatoms. The van der Waals surface area contributed by atoms with Gasteiger partial charge >= 0.3 is 0 Å². The highest BCUT2D eigenvalue weighted by molar-refractivity contribution is 6.12. The Balaban J connectivity index is 0.955. The molecule has 0 N–H and O–H groups in total. The minimum atomic E-state index is 0.960. The lowest BCUT2D eigenvalue weighted by Crippen LogP contribution is -1.95. The van der Waals surface area contributed by atoms with E-state index in [1.807, 2.05) is 12.1 Å². The third-order valence-corrected chi connectivity index (χ3v) is 12.3. The van der Waals surface area contributed by atoms with Gasteiger partial charge in [0, 0.05) is 44.0 Å². The highest BCUT2D eigenvalue weighted by atomic mass is 15.0. The predicted molar refractivity (Wildman–Crippen MR) is 260 cm³/mol. The Morgan fingerprint density at radius 1 is 0.226 bits per heavy atom. The van der Waals surface area contributed by atoms with E-state index in [1.165, 1.54) is 65.9 Å². The largest absolute Gasteiger partial charge is 0.309 e. The molecular weight excluding hydrogens is 751 g/mol. The van der Waals surface area contributed by atoms with Crippen molar-refractivity contribution in [1.82, 2.24) is 14.1 Å². The molecule has 0 amide bonds. The van der Waals surface area contributed by atoms with Gasteiger partial charge in [-0.1, -0.05) is 170 Å². The summed E-state index contributed by atoms with van der Waals surface area (Å²) in [5.74, 6) is 0. The Labute approximate surface area is 360 Å². The molecular formula is C59H39N3. The van der Waals surface area contributed by atoms with Crippen molar-refractivity contribution in [2.75, 3.05) is 0 Å². The van der Waals surface area contributed by atoms with Crippen molar-refractivity contribution in [3.63, 3.8) is 0 Å². The van der Waals surface area contributed by atoms with Crippen LogP contribution < -0.4 is 0 Å². The van der Waals surface area contributed by atoms with Crippen LogP contribution >= 0.6 is 0 Å². The minimum absolute atomic E-state index is 0.960. The maximum atomic E-state index is 5.11. The van der Waals surface area contributed by atoms with E-state index in [4.69, 9.17) is 4.98 Å². The normalized spacial score (nSPS) is 11.5. The maximum Gasteiger partial charge on any atom is 0.0715 e. The number of benzene rings is 9. The van der Waals surface area contributed by atoms with Crippen LogP contribution in [0.3, 0.4) is 0 Å². The number of para-hydroxylation sites is 2. The lowest BCUT2D eigenvalue weighted by molar-refractivity contribution is 1.18. The monoisotopic (exact) mass is 789 g/mol. The van der Waals surface area contributed by atoms with Gasteiger partial charge in [-0.15, -0.1) is 0 Å². The fraction of sp³-hybridized carbons (Fsp3) is 0. The molecule has 0 radical (unpaired) electrons. The SMILES string of the molecule is c1ccc(-c2cccc(-n3c4ccccc4c4ccc(-c5ccc6c(c5)c5ccccc5n6-c5ccc(-c6cc(-c7ccccc7)nc(-c7ccccc7)c6)cc5)cc43)c2)cc1. The van der Waals surface area contributed by atoms with Gasteiger partial charge in [0.05, 0.1) is 33.5 Å². The van der Waals surface area contributed by atoms with Crippen LogP contribution in [-0.2, 0) is 0 Å². The highest BCUT2D eigenvalue weighted by Gasteiger charge is 2.17. The molecule has 62 heavy (non-hydrogen) atoms. The standard InChI is InChI=1S/C59H39N3/c1-4-15-40(16-5-1)44-21-14-22-49(35-44)62-56-25-12-10-23-50(56)52-33-29-46(39-59(52)62)45-30-34-58-53(36-45)51-24-11-13-26-57(51)61(58)48-31-27-41(28-32-48)47-37-54(42-17-6-2-7-18-42)60-55(38-47)43-19-8-3-9-20-43/h1-39H. The summed E-state index contributed by atoms with van der Waals surface area (Å²) in [6.45, 7) is 0. The third-order valence-electron chi connectivity index (χ3n) is 12.3. The predicted octanol–water partition coefficient (Wildman–Crippen LogP) is 15.6. The van der Waals surface area contributed by atoms with Crippen molar-refractivity contribution in [3.8, 4) is 67.3 Å². The number of nitrogens with zero attached hydrogens (tertiary/aromatic N) is 3. The number of hydrogen-bond donors (Lipinski definition) is 0. The molecule has 0 spiro atoms. The molecule has 9 aromatic carbocycles. The molecule has 0 saturated heterocycles. The molecule has 0 aliphatic carbocycles. The van der Waals surface area contributed by atoms with E-state index in [2.05, 4.69) is 234 Å². The van der Waals surface area contributed by atoms with E-state index in [1.54, 1.807) is 0 Å². The number of fused-ring (bicyclic) bond motifs is 6. The van der Waals surface area contributed by atoms with Gasteiger partial charge in [0.15, 0.2) is 0 Å². The van der Waals surface area contributed by atoms with Crippen molar-refractivity contribution < 1.29 is 0 Å². The molecule has 0 fully saturated rings. The molecule has 3 heterocycles. The first kappa shape index (κ1) is 35.7. The van der Waals surface area contributed by atoms with E-state index in [0.717, 1.165) is 45.0 Å². The van der Waals surface area contributed by atoms with Gasteiger partial charge < -0.3 is 9.13 Å². The quantitative estimate of drug-likeness (QED) is 0.158. The molecule has 0 aliphatic heterocycles. The van der Waals surface area contributed by atoms with Crippen molar-refractivity contribution in [1.29, 1.82) is 0 Å². The average molecular weight is 790 g/mol. The molecule has 290 valence electrons. The van der Waals surface area contributed by atoms with Crippen molar-refractivity contribution >= 4 is 43.6 Å². The Morgan fingerprint density at radius 2 is 0.677 bits per heavy atom. The van der Waals surface area contributed by atoms with Crippen LogP contribution in [-0.4, -0.2) is 14.1 Å². The molecule has 0 saturated carbocycles. The Bertz CT molecular complexity index is 3540. The zero-order chi connectivity index (χ0) is 41.0.